The van der Waals surface area contributed by atoms with Gasteiger partial charge in [-0.3, -0.25) is 14.4 Å². The second-order valence-electron chi connectivity index (χ2n) is 11.4. The van der Waals surface area contributed by atoms with Gasteiger partial charge in [0.2, 0.25) is 11.8 Å². The molecule has 7 nitrogen and oxygen atoms in total. The van der Waals surface area contributed by atoms with E-state index in [1.807, 2.05) is 79.0 Å². The molecule has 230 valence electrons. The van der Waals surface area contributed by atoms with Gasteiger partial charge in [0.25, 0.3) is 0 Å². The number of rotatable bonds is 15. The Bertz CT molecular complexity index is 1700. The van der Waals surface area contributed by atoms with Crippen LogP contribution < -0.4 is 10.6 Å². The molecule has 0 aliphatic carbocycles. The van der Waals surface area contributed by atoms with Crippen molar-refractivity contribution in [3.05, 3.63) is 132 Å². The molecule has 4 N–H and O–H groups in total. The molecule has 1 heterocycles. The number of carboxylic acids is 1. The lowest BCUT2D eigenvalue weighted by Crippen LogP contribution is -2.50. The number of fused-ring (bicyclic) bond motifs is 1. The van der Waals surface area contributed by atoms with Crippen molar-refractivity contribution in [2.45, 2.75) is 44.6 Å². The largest absolute Gasteiger partial charge is 0.481 e. The molecule has 5 aromatic rings. The zero-order chi connectivity index (χ0) is 31.4. The predicted octanol–water partition coefficient (Wildman–Crippen LogP) is 6.33. The van der Waals surface area contributed by atoms with E-state index >= 15 is 0 Å². The Morgan fingerprint density at radius 1 is 0.711 bits per heavy atom. The fourth-order valence-electron chi connectivity index (χ4n) is 5.70. The third-order valence-corrected chi connectivity index (χ3v) is 8.16. The summed E-state index contributed by atoms with van der Waals surface area (Å²) in [5, 5.41) is 16.5. The topological polar surface area (TPSA) is 111 Å². The highest BCUT2D eigenvalue weighted by Gasteiger charge is 2.28. The quantitative estimate of drug-likeness (QED) is 0.112. The molecule has 0 spiro atoms. The van der Waals surface area contributed by atoms with Crippen molar-refractivity contribution in [3.8, 4) is 11.1 Å². The first-order valence-electron chi connectivity index (χ1n) is 15.5. The number of H-pyrrole nitrogens is 1. The zero-order valence-electron chi connectivity index (χ0n) is 25.2. The van der Waals surface area contributed by atoms with Crippen molar-refractivity contribution in [2.24, 2.45) is 5.92 Å². The van der Waals surface area contributed by atoms with Crippen LogP contribution in [0.4, 0.5) is 0 Å². The molecule has 0 aliphatic rings. The van der Waals surface area contributed by atoms with E-state index in [4.69, 9.17) is 0 Å². The van der Waals surface area contributed by atoms with E-state index in [1.54, 1.807) is 0 Å². The van der Waals surface area contributed by atoms with Gasteiger partial charge in [0.1, 0.15) is 6.04 Å². The van der Waals surface area contributed by atoms with Crippen LogP contribution in [-0.4, -0.2) is 40.5 Å². The van der Waals surface area contributed by atoms with Crippen molar-refractivity contribution >= 4 is 28.7 Å². The number of hydrogen-bond donors (Lipinski definition) is 4. The summed E-state index contributed by atoms with van der Waals surface area (Å²) in [7, 11) is 0. The van der Waals surface area contributed by atoms with Gasteiger partial charge in [0.15, 0.2) is 0 Å². The minimum absolute atomic E-state index is 0.278. The van der Waals surface area contributed by atoms with E-state index in [0.717, 1.165) is 45.1 Å². The molecule has 2 amide bonds. The van der Waals surface area contributed by atoms with Crippen molar-refractivity contribution in [1.29, 1.82) is 0 Å². The lowest BCUT2D eigenvalue weighted by atomic mass is 9.94. The SMILES string of the molecule is O=C(O)CC(CCCc1ccc(-c2ccccc2)cc1)C(=O)NC(Cc1c[nH]c2ccccc12)C(=O)NCCc1ccccc1. The molecule has 2 atom stereocenters. The number of nitrogens with one attached hydrogen (secondary N) is 3. The molecule has 7 heteroatoms. The van der Waals surface area contributed by atoms with Crippen LogP contribution in [0.3, 0.4) is 0 Å². The molecule has 2 unspecified atom stereocenters. The first kappa shape index (κ1) is 31.3. The number of carbonyl (C=O) groups excluding carboxylic acids is 2. The van der Waals surface area contributed by atoms with Gasteiger partial charge in [-0.2, -0.15) is 0 Å². The summed E-state index contributed by atoms with van der Waals surface area (Å²) < 4.78 is 0. The third kappa shape index (κ3) is 8.92. The van der Waals surface area contributed by atoms with Crippen molar-refractivity contribution < 1.29 is 19.5 Å². The van der Waals surface area contributed by atoms with Gasteiger partial charge in [0, 0.05) is 36.0 Å². The van der Waals surface area contributed by atoms with Gasteiger partial charge in [-0.1, -0.05) is 103 Å². The summed E-state index contributed by atoms with van der Waals surface area (Å²) in [5.41, 5.74) is 6.36. The molecule has 4 aromatic carbocycles. The highest BCUT2D eigenvalue weighted by atomic mass is 16.4. The van der Waals surface area contributed by atoms with Crippen LogP contribution in [0, 0.1) is 5.92 Å². The average molecular weight is 602 g/mol. The van der Waals surface area contributed by atoms with E-state index in [-0.39, 0.29) is 18.7 Å². The van der Waals surface area contributed by atoms with Crippen LogP contribution in [0.1, 0.15) is 36.0 Å². The third-order valence-electron chi connectivity index (χ3n) is 8.16. The number of aliphatic carboxylic acids is 1. The second kappa shape index (κ2) is 15.5. The first-order chi connectivity index (χ1) is 22.0. The van der Waals surface area contributed by atoms with Gasteiger partial charge in [0.05, 0.1) is 6.42 Å². The summed E-state index contributed by atoms with van der Waals surface area (Å²) in [6.07, 6.45) is 4.26. The van der Waals surface area contributed by atoms with E-state index in [0.29, 0.717) is 25.8 Å². The maximum absolute atomic E-state index is 13.6. The standard InChI is InChI=1S/C38H39N3O4/c42-36(43)25-31(15-9-12-28-18-20-30(21-19-28)29-13-5-2-6-14-29)37(44)41-35(24-32-26-40-34-17-8-7-16-33(32)34)38(45)39-23-22-27-10-3-1-4-11-27/h1-8,10-11,13-14,16-21,26,31,35,40H,9,12,15,22-25H2,(H,39,45)(H,41,44)(H,42,43). The molecular formula is C38H39N3O4. The van der Waals surface area contributed by atoms with Crippen molar-refractivity contribution in [2.75, 3.05) is 6.54 Å². The van der Waals surface area contributed by atoms with Crippen LogP contribution in [-0.2, 0) is 33.6 Å². The molecule has 5 rings (SSSR count). The van der Waals surface area contributed by atoms with Gasteiger partial charge >= 0.3 is 5.97 Å². The maximum Gasteiger partial charge on any atom is 0.304 e. The number of aromatic amines is 1. The molecule has 0 radical (unpaired) electrons. The molecule has 0 saturated heterocycles. The highest BCUT2D eigenvalue weighted by Crippen LogP contribution is 2.22. The number of amides is 2. The van der Waals surface area contributed by atoms with Gasteiger partial charge < -0.3 is 20.7 Å². The van der Waals surface area contributed by atoms with Gasteiger partial charge in [-0.25, -0.2) is 0 Å². The zero-order valence-corrected chi connectivity index (χ0v) is 25.2. The van der Waals surface area contributed by atoms with E-state index in [9.17, 15) is 19.5 Å². The van der Waals surface area contributed by atoms with E-state index in [2.05, 4.69) is 52.0 Å². The van der Waals surface area contributed by atoms with Crippen molar-refractivity contribution in [3.63, 3.8) is 0 Å². The lowest BCUT2D eigenvalue weighted by Gasteiger charge is -2.22. The first-order valence-corrected chi connectivity index (χ1v) is 15.5. The van der Waals surface area contributed by atoms with E-state index < -0.39 is 23.8 Å². The minimum Gasteiger partial charge on any atom is -0.481 e. The molecule has 0 fully saturated rings. The summed E-state index contributed by atoms with van der Waals surface area (Å²) in [5.74, 6) is -2.51. The second-order valence-corrected chi connectivity index (χ2v) is 11.4. The van der Waals surface area contributed by atoms with Crippen molar-refractivity contribution in [1.82, 2.24) is 15.6 Å². The predicted molar refractivity (Wildman–Crippen MR) is 178 cm³/mol. The molecule has 1 aromatic heterocycles. The van der Waals surface area contributed by atoms with Crippen LogP contribution >= 0.6 is 0 Å². The normalized spacial score (nSPS) is 12.4. The molecule has 0 bridgehead atoms. The molecule has 0 aliphatic heterocycles. The maximum atomic E-state index is 13.6. The van der Waals surface area contributed by atoms with Crippen LogP contribution in [0.15, 0.2) is 115 Å². The Balaban J connectivity index is 1.23. The Labute approximate surface area is 263 Å². The minimum atomic E-state index is -1.04. The number of benzene rings is 4. The van der Waals surface area contributed by atoms with Crippen LogP contribution in [0.5, 0.6) is 0 Å². The van der Waals surface area contributed by atoms with Gasteiger partial charge in [-0.15, -0.1) is 0 Å². The Morgan fingerprint density at radius 3 is 2.09 bits per heavy atom. The Hall–Kier alpha value is -5.17. The van der Waals surface area contributed by atoms with E-state index in [1.165, 1.54) is 0 Å². The van der Waals surface area contributed by atoms with Gasteiger partial charge in [-0.05, 0) is 59.6 Å². The number of para-hydroxylation sites is 1. The lowest BCUT2D eigenvalue weighted by molar-refractivity contribution is -0.141. The number of carboxylic acid groups (broad SMARTS) is 1. The number of hydrogen-bond acceptors (Lipinski definition) is 3. The average Bonchev–Trinajstić information content (AvgIpc) is 3.47. The molecular weight excluding hydrogens is 562 g/mol. The monoisotopic (exact) mass is 601 g/mol. The summed E-state index contributed by atoms with van der Waals surface area (Å²) in [4.78, 5) is 42.0. The fraction of sp³-hybridized carbons (Fsp3) is 0.237. The Kier molecular flexibility index (Phi) is 10.8. The highest BCUT2D eigenvalue weighted by molar-refractivity contribution is 5.91. The summed E-state index contributed by atoms with van der Waals surface area (Å²) in [6, 6.07) is 35.3. The van der Waals surface area contributed by atoms with Crippen LogP contribution in [0.2, 0.25) is 0 Å². The smallest absolute Gasteiger partial charge is 0.304 e. The Morgan fingerprint density at radius 2 is 1.36 bits per heavy atom. The molecule has 45 heavy (non-hydrogen) atoms. The van der Waals surface area contributed by atoms with Crippen LogP contribution in [0.25, 0.3) is 22.0 Å². The summed E-state index contributed by atoms with van der Waals surface area (Å²) >= 11 is 0. The number of aryl methyl sites for hydroxylation is 1. The molecule has 0 saturated carbocycles. The summed E-state index contributed by atoms with van der Waals surface area (Å²) in [6.45, 7) is 0.421. The fourth-order valence-corrected chi connectivity index (χ4v) is 5.70. The number of aromatic nitrogens is 1. The number of carbonyl (C=O) groups is 3.